The Hall–Kier alpha value is -2.40. The zero-order valence-corrected chi connectivity index (χ0v) is 19.3. The smallest absolute Gasteiger partial charge is 0.305 e. The Balaban J connectivity index is 1.18. The number of hydrogen-bond acceptors (Lipinski definition) is 8. The van der Waals surface area contributed by atoms with Crippen LogP contribution in [0.5, 0.6) is 5.75 Å². The summed E-state index contributed by atoms with van der Waals surface area (Å²) in [4.78, 5) is 24.3. The summed E-state index contributed by atoms with van der Waals surface area (Å²) in [6, 6.07) is 10.1. The number of fused-ring (bicyclic) bond motifs is 1. The second-order valence-electron chi connectivity index (χ2n) is 7.21. The van der Waals surface area contributed by atoms with Crippen molar-refractivity contribution < 1.29 is 14.8 Å². The van der Waals surface area contributed by atoms with Gasteiger partial charge in [-0.1, -0.05) is 29.5 Å². The van der Waals surface area contributed by atoms with E-state index in [1.165, 1.54) is 12.1 Å². The third kappa shape index (κ3) is 7.33. The van der Waals surface area contributed by atoms with Crippen LogP contribution < -0.4 is 10.2 Å². The first kappa shape index (κ1) is 24.2. The molecule has 0 unspecified atom stereocenters. The average molecular weight is 478 g/mol. The van der Waals surface area contributed by atoms with Crippen molar-refractivity contribution in [3.63, 3.8) is 0 Å². The van der Waals surface area contributed by atoms with Crippen LogP contribution in [0.4, 0.5) is 5.69 Å². The van der Waals surface area contributed by atoms with Gasteiger partial charge in [-0.05, 0) is 48.8 Å². The second-order valence-corrected chi connectivity index (χ2v) is 9.42. The molecule has 2 aromatic carbocycles. The Labute approximate surface area is 194 Å². The number of rotatable bonds is 14. The maximum Gasteiger partial charge on any atom is 0.305 e. The number of aromatic amines is 1. The van der Waals surface area contributed by atoms with E-state index in [4.69, 9.17) is 4.74 Å². The number of aromatic hydroxyl groups is 1. The summed E-state index contributed by atoms with van der Waals surface area (Å²) >= 11 is 3.02. The molecular formula is C22H27N3O5S2. The Kier molecular flexibility index (Phi) is 9.54. The van der Waals surface area contributed by atoms with Crippen molar-refractivity contribution in [2.24, 2.45) is 0 Å². The number of nitro groups is 1. The highest BCUT2D eigenvalue weighted by Gasteiger charge is 2.09. The lowest BCUT2D eigenvalue weighted by atomic mass is 10.1. The molecule has 3 rings (SSSR count). The molecule has 0 aliphatic rings. The molecule has 0 saturated carbocycles. The summed E-state index contributed by atoms with van der Waals surface area (Å²) in [5, 5.41) is 23.9. The van der Waals surface area contributed by atoms with E-state index in [2.05, 4.69) is 10.3 Å². The fourth-order valence-electron chi connectivity index (χ4n) is 3.20. The quantitative estimate of drug-likeness (QED) is 0.184. The van der Waals surface area contributed by atoms with Crippen molar-refractivity contribution in [2.75, 3.05) is 37.8 Å². The van der Waals surface area contributed by atoms with Crippen LogP contribution in [0.1, 0.15) is 17.5 Å². The number of nitro benzene ring substituents is 1. The van der Waals surface area contributed by atoms with Gasteiger partial charge in [-0.2, -0.15) is 11.8 Å². The van der Waals surface area contributed by atoms with E-state index in [0.717, 1.165) is 71.0 Å². The van der Waals surface area contributed by atoms with E-state index in [1.807, 2.05) is 17.8 Å². The van der Waals surface area contributed by atoms with Crippen molar-refractivity contribution in [2.45, 2.75) is 19.3 Å². The number of hydrogen-bond donors (Lipinski definition) is 3. The third-order valence-electron chi connectivity index (χ3n) is 4.89. The molecule has 3 aromatic rings. The first-order valence-corrected chi connectivity index (χ1v) is 12.4. The van der Waals surface area contributed by atoms with Gasteiger partial charge in [0.15, 0.2) is 0 Å². The normalized spacial score (nSPS) is 11.2. The van der Waals surface area contributed by atoms with E-state index >= 15 is 0 Å². The van der Waals surface area contributed by atoms with Gasteiger partial charge in [0.05, 0.1) is 16.2 Å². The van der Waals surface area contributed by atoms with Gasteiger partial charge >= 0.3 is 4.87 Å². The Morgan fingerprint density at radius 2 is 1.91 bits per heavy atom. The van der Waals surface area contributed by atoms with Crippen LogP contribution in [0.3, 0.4) is 0 Å². The lowest BCUT2D eigenvalue weighted by molar-refractivity contribution is -0.384. The number of non-ortho nitro benzene ring substituents is 1. The largest absolute Gasteiger partial charge is 0.506 e. The molecule has 0 radical (unpaired) electrons. The van der Waals surface area contributed by atoms with Crippen molar-refractivity contribution in [1.29, 1.82) is 0 Å². The molecule has 8 nitrogen and oxygen atoms in total. The maximum atomic E-state index is 11.6. The van der Waals surface area contributed by atoms with Crippen molar-refractivity contribution in [3.8, 4) is 5.75 Å². The number of thiazole rings is 1. The van der Waals surface area contributed by atoms with Crippen LogP contribution in [0.25, 0.3) is 10.2 Å². The highest BCUT2D eigenvalue weighted by atomic mass is 32.2. The molecule has 0 saturated heterocycles. The van der Waals surface area contributed by atoms with Gasteiger partial charge < -0.3 is 20.1 Å². The zero-order valence-electron chi connectivity index (χ0n) is 17.7. The number of phenolic OH excluding ortho intramolecular Hbond substituents is 1. The summed E-state index contributed by atoms with van der Waals surface area (Å²) in [6.45, 7) is 3.06. The lowest BCUT2D eigenvalue weighted by Gasteiger charge is -2.07. The minimum absolute atomic E-state index is 0.109. The monoisotopic (exact) mass is 477 g/mol. The summed E-state index contributed by atoms with van der Waals surface area (Å²) in [6.07, 6.45) is 2.54. The summed E-state index contributed by atoms with van der Waals surface area (Å²) in [5.74, 6) is 2.17. The van der Waals surface area contributed by atoms with Crippen LogP contribution in [0.2, 0.25) is 0 Å². The van der Waals surface area contributed by atoms with E-state index in [-0.39, 0.29) is 16.3 Å². The highest BCUT2D eigenvalue weighted by molar-refractivity contribution is 7.99. The zero-order chi connectivity index (χ0) is 22.8. The number of nitrogens with zero attached hydrogens (tertiary/aromatic N) is 1. The Morgan fingerprint density at radius 1 is 1.09 bits per heavy atom. The number of H-pyrrole nitrogens is 1. The van der Waals surface area contributed by atoms with Crippen molar-refractivity contribution in [1.82, 2.24) is 10.3 Å². The molecule has 0 spiro atoms. The number of nitrogens with one attached hydrogen (secondary N) is 2. The first-order chi connectivity index (χ1) is 15.5. The van der Waals surface area contributed by atoms with Crippen molar-refractivity contribution >= 4 is 39.0 Å². The number of phenols is 1. The van der Waals surface area contributed by atoms with Crippen molar-refractivity contribution in [3.05, 3.63) is 67.3 Å². The molecule has 3 N–H and O–H groups in total. The fourth-order valence-corrected chi connectivity index (χ4v) is 4.92. The van der Waals surface area contributed by atoms with Crippen LogP contribution >= 0.6 is 23.1 Å². The van der Waals surface area contributed by atoms with E-state index in [9.17, 15) is 20.0 Å². The molecule has 172 valence electrons. The minimum Gasteiger partial charge on any atom is -0.506 e. The summed E-state index contributed by atoms with van der Waals surface area (Å²) < 4.78 is 6.48. The van der Waals surface area contributed by atoms with Gasteiger partial charge in [0, 0.05) is 31.0 Å². The molecule has 1 aromatic heterocycles. The number of thioether (sulfide) groups is 1. The molecule has 32 heavy (non-hydrogen) atoms. The minimum atomic E-state index is -0.394. The van der Waals surface area contributed by atoms with Crippen LogP contribution in [-0.4, -0.2) is 52.8 Å². The fraction of sp³-hybridized carbons (Fsp3) is 0.409. The standard InChI is InChI=1S/C22H27N3O5S2/c26-19-7-4-17(21-20(19)24-22(27)32-21)8-10-23-11-15-31-14-1-12-30-13-9-16-2-5-18(6-3-16)25(28)29/h2-7,23,26H,1,8-15H2,(H,24,27). The van der Waals surface area contributed by atoms with Gasteiger partial charge in [0.1, 0.15) is 11.3 Å². The molecule has 0 atom stereocenters. The molecule has 0 aliphatic heterocycles. The van der Waals surface area contributed by atoms with E-state index in [0.29, 0.717) is 18.7 Å². The molecule has 0 bridgehead atoms. The SMILES string of the molecule is O=c1[nH]c2c(O)ccc(CCNCCSCCCOCCc3ccc([N+](=O)[O-])cc3)c2s1. The maximum absolute atomic E-state index is 11.6. The molecule has 10 heteroatoms. The van der Waals surface area contributed by atoms with Gasteiger partial charge in [-0.15, -0.1) is 0 Å². The van der Waals surface area contributed by atoms with Crippen LogP contribution in [-0.2, 0) is 17.6 Å². The molecule has 0 aliphatic carbocycles. The molecule has 0 fully saturated rings. The van der Waals surface area contributed by atoms with E-state index < -0.39 is 4.92 Å². The highest BCUT2D eigenvalue weighted by Crippen LogP contribution is 2.27. The molecule has 0 amide bonds. The average Bonchev–Trinajstić information content (AvgIpc) is 3.18. The summed E-state index contributed by atoms with van der Waals surface area (Å²) in [5.41, 5.74) is 2.74. The van der Waals surface area contributed by atoms with Gasteiger partial charge in [0.25, 0.3) is 5.69 Å². The lowest BCUT2D eigenvalue weighted by Crippen LogP contribution is -2.20. The van der Waals surface area contributed by atoms with Crippen LogP contribution in [0.15, 0.2) is 41.2 Å². The molecular weight excluding hydrogens is 450 g/mol. The number of aromatic nitrogens is 1. The van der Waals surface area contributed by atoms with Gasteiger partial charge in [-0.25, -0.2) is 0 Å². The number of benzene rings is 2. The Morgan fingerprint density at radius 3 is 2.69 bits per heavy atom. The topological polar surface area (TPSA) is 117 Å². The predicted molar refractivity (Wildman–Crippen MR) is 130 cm³/mol. The first-order valence-electron chi connectivity index (χ1n) is 10.5. The molecule has 1 heterocycles. The van der Waals surface area contributed by atoms with Gasteiger partial charge in [0.2, 0.25) is 0 Å². The van der Waals surface area contributed by atoms with E-state index in [1.54, 1.807) is 18.2 Å². The van der Waals surface area contributed by atoms with Crippen LogP contribution in [0, 0.1) is 10.1 Å². The summed E-state index contributed by atoms with van der Waals surface area (Å²) in [7, 11) is 0. The second kappa shape index (κ2) is 12.6. The van der Waals surface area contributed by atoms with Gasteiger partial charge in [-0.3, -0.25) is 14.9 Å². The number of ether oxygens (including phenoxy) is 1. The third-order valence-corrected chi connectivity index (χ3v) is 6.92. The Bertz CT molecular complexity index is 1070. The predicted octanol–water partition coefficient (Wildman–Crippen LogP) is 3.72.